The molecule has 0 bridgehead atoms. The van der Waals surface area contributed by atoms with Crippen LogP contribution in [0.3, 0.4) is 0 Å². The van der Waals surface area contributed by atoms with E-state index in [1.807, 2.05) is 68.1 Å². The van der Waals surface area contributed by atoms with E-state index in [0.29, 0.717) is 17.5 Å². The molecule has 0 aliphatic rings. The molecule has 7 heteroatoms. The van der Waals surface area contributed by atoms with Gasteiger partial charge in [-0.3, -0.25) is 9.36 Å². The van der Waals surface area contributed by atoms with Crippen LogP contribution in [0.5, 0.6) is 0 Å². The van der Waals surface area contributed by atoms with Crippen molar-refractivity contribution in [2.75, 3.05) is 26.4 Å². The van der Waals surface area contributed by atoms with Gasteiger partial charge in [-0.25, -0.2) is 0 Å². The lowest BCUT2D eigenvalue weighted by Gasteiger charge is -2.25. The normalized spacial score (nSPS) is 12.1. The second-order valence-corrected chi connectivity index (χ2v) is 7.70. The summed E-state index contributed by atoms with van der Waals surface area (Å²) in [5.41, 5.74) is 3.33. The molecule has 0 fully saturated rings. The average Bonchev–Trinajstić information content (AvgIpc) is 3.16. The summed E-state index contributed by atoms with van der Waals surface area (Å²) in [5, 5.41) is 11.9. The molecule has 0 saturated carbocycles. The Kier molecular flexibility index (Phi) is 6.84. The first-order chi connectivity index (χ1) is 13.6. The Hall–Kier alpha value is -2.64. The molecule has 6 nitrogen and oxygen atoms in total. The molecule has 146 valence electrons. The van der Waals surface area contributed by atoms with Crippen molar-refractivity contribution in [1.82, 2.24) is 25.0 Å². The molecule has 1 aromatic heterocycles. The molecule has 0 saturated heterocycles. The largest absolute Gasteiger partial charge is 0.353 e. The third kappa shape index (κ3) is 4.99. The highest BCUT2D eigenvalue weighted by Crippen LogP contribution is 2.22. The fraction of sp³-hybridized carbons (Fsp3) is 0.286. The van der Waals surface area contributed by atoms with Crippen LogP contribution in [0, 0.1) is 6.92 Å². The number of benzene rings is 2. The number of nitrogens with one attached hydrogen (secondary N) is 1. The highest BCUT2D eigenvalue weighted by atomic mass is 32.2. The van der Waals surface area contributed by atoms with Crippen molar-refractivity contribution in [2.24, 2.45) is 0 Å². The van der Waals surface area contributed by atoms with E-state index in [-0.39, 0.29) is 11.9 Å². The van der Waals surface area contributed by atoms with Gasteiger partial charge in [-0.1, -0.05) is 60.3 Å². The van der Waals surface area contributed by atoms with Gasteiger partial charge in [0.15, 0.2) is 5.16 Å². The average molecular weight is 396 g/mol. The highest BCUT2D eigenvalue weighted by Gasteiger charge is 2.16. The number of rotatable bonds is 8. The fourth-order valence-electron chi connectivity index (χ4n) is 2.99. The van der Waals surface area contributed by atoms with Gasteiger partial charge in [0.25, 0.3) is 0 Å². The van der Waals surface area contributed by atoms with Crippen LogP contribution in [0.1, 0.15) is 17.2 Å². The Balaban J connectivity index is 1.58. The number of para-hydroxylation sites is 1. The van der Waals surface area contributed by atoms with Gasteiger partial charge in [-0.15, -0.1) is 10.2 Å². The number of likely N-dealkylation sites (N-methyl/N-ethyl adjacent to an activating group) is 1. The molecule has 2 aromatic carbocycles. The zero-order valence-corrected chi connectivity index (χ0v) is 17.2. The van der Waals surface area contributed by atoms with Crippen molar-refractivity contribution >= 4 is 17.7 Å². The number of thioether (sulfide) groups is 1. The number of aryl methyl sites for hydroxylation is 1. The van der Waals surface area contributed by atoms with Crippen LogP contribution in [0.2, 0.25) is 0 Å². The molecule has 3 rings (SSSR count). The summed E-state index contributed by atoms with van der Waals surface area (Å²) >= 11 is 1.38. The van der Waals surface area contributed by atoms with Gasteiger partial charge in [0.2, 0.25) is 5.91 Å². The van der Waals surface area contributed by atoms with Crippen molar-refractivity contribution in [2.45, 2.75) is 18.1 Å². The molecule has 0 aliphatic heterocycles. The minimum Gasteiger partial charge on any atom is -0.353 e. The van der Waals surface area contributed by atoms with Crippen LogP contribution in [0.25, 0.3) is 5.69 Å². The molecule has 28 heavy (non-hydrogen) atoms. The molecule has 0 unspecified atom stereocenters. The Morgan fingerprint density at radius 3 is 2.57 bits per heavy atom. The lowest BCUT2D eigenvalue weighted by Crippen LogP contribution is -2.35. The van der Waals surface area contributed by atoms with Crippen LogP contribution >= 0.6 is 11.8 Å². The first kappa shape index (κ1) is 20.1. The van der Waals surface area contributed by atoms with Crippen LogP contribution in [0.4, 0.5) is 0 Å². The summed E-state index contributed by atoms with van der Waals surface area (Å²) in [5.74, 6) is 0.270. The van der Waals surface area contributed by atoms with E-state index in [4.69, 9.17) is 0 Å². The number of carbonyl (C=O) groups is 1. The van der Waals surface area contributed by atoms with E-state index >= 15 is 0 Å². The summed E-state index contributed by atoms with van der Waals surface area (Å²) in [6.07, 6.45) is 1.68. The summed E-state index contributed by atoms with van der Waals surface area (Å²) in [7, 11) is 4.03. The third-order valence-corrected chi connectivity index (χ3v) is 5.47. The van der Waals surface area contributed by atoms with E-state index in [1.165, 1.54) is 17.3 Å². The number of hydrogen-bond donors (Lipinski definition) is 1. The van der Waals surface area contributed by atoms with E-state index in [9.17, 15) is 4.79 Å². The maximum atomic E-state index is 12.4. The molecule has 1 atom stereocenters. The first-order valence-electron chi connectivity index (χ1n) is 9.13. The standard InChI is InChI=1S/C21H25N5OS/c1-16-9-7-8-12-18(16)26-15-23-24-21(26)28-14-20(27)22-13-19(25(2)3)17-10-5-4-6-11-17/h4-12,15,19H,13-14H2,1-3H3,(H,22,27)/t19-/m1/s1. The van der Waals surface area contributed by atoms with Crippen molar-refractivity contribution < 1.29 is 4.79 Å². The van der Waals surface area contributed by atoms with E-state index in [1.54, 1.807) is 6.33 Å². The van der Waals surface area contributed by atoms with Crippen LogP contribution < -0.4 is 5.32 Å². The minimum absolute atomic E-state index is 0.0212. The van der Waals surface area contributed by atoms with E-state index < -0.39 is 0 Å². The van der Waals surface area contributed by atoms with Gasteiger partial charge < -0.3 is 10.2 Å². The zero-order valence-electron chi connectivity index (χ0n) is 16.4. The summed E-state index contributed by atoms with van der Waals surface area (Å²) in [4.78, 5) is 14.5. The topological polar surface area (TPSA) is 63.1 Å². The first-order valence-corrected chi connectivity index (χ1v) is 10.1. The summed E-state index contributed by atoms with van der Waals surface area (Å²) < 4.78 is 1.92. The predicted octanol–water partition coefficient (Wildman–Crippen LogP) is 3.09. The third-order valence-electron chi connectivity index (χ3n) is 4.52. The highest BCUT2D eigenvalue weighted by molar-refractivity contribution is 7.99. The van der Waals surface area contributed by atoms with Gasteiger partial charge in [0.1, 0.15) is 6.33 Å². The molecule has 0 spiro atoms. The lowest BCUT2D eigenvalue weighted by molar-refractivity contribution is -0.118. The van der Waals surface area contributed by atoms with Crippen LogP contribution in [-0.4, -0.2) is 52.0 Å². The van der Waals surface area contributed by atoms with Crippen molar-refractivity contribution in [3.63, 3.8) is 0 Å². The number of hydrogen-bond acceptors (Lipinski definition) is 5. The molecule has 1 heterocycles. The van der Waals surface area contributed by atoms with Gasteiger partial charge in [-0.2, -0.15) is 0 Å². The second-order valence-electron chi connectivity index (χ2n) is 6.75. The fourth-order valence-corrected chi connectivity index (χ4v) is 3.74. The number of carbonyl (C=O) groups excluding carboxylic acids is 1. The van der Waals surface area contributed by atoms with E-state index in [2.05, 4.69) is 32.5 Å². The molecule has 0 aliphatic carbocycles. The van der Waals surface area contributed by atoms with Crippen LogP contribution in [0.15, 0.2) is 66.1 Å². The number of aromatic nitrogens is 3. The number of amides is 1. The molecule has 1 N–H and O–H groups in total. The van der Waals surface area contributed by atoms with Gasteiger partial charge >= 0.3 is 0 Å². The lowest BCUT2D eigenvalue weighted by atomic mass is 10.1. The molecule has 3 aromatic rings. The number of nitrogens with zero attached hydrogens (tertiary/aromatic N) is 4. The van der Waals surface area contributed by atoms with Crippen LogP contribution in [-0.2, 0) is 4.79 Å². The van der Waals surface area contributed by atoms with Crippen molar-refractivity contribution in [3.8, 4) is 5.69 Å². The Bertz CT molecular complexity index is 910. The quantitative estimate of drug-likeness (QED) is 0.594. The predicted molar refractivity (Wildman–Crippen MR) is 113 cm³/mol. The molecule has 1 amide bonds. The minimum atomic E-state index is -0.0212. The SMILES string of the molecule is Cc1ccccc1-n1cnnc1SCC(=O)NC[C@H](c1ccccc1)N(C)C. The smallest absolute Gasteiger partial charge is 0.230 e. The van der Waals surface area contributed by atoms with Gasteiger partial charge in [0, 0.05) is 6.54 Å². The van der Waals surface area contributed by atoms with E-state index in [0.717, 1.165) is 11.3 Å². The Morgan fingerprint density at radius 2 is 1.86 bits per heavy atom. The molecular weight excluding hydrogens is 370 g/mol. The monoisotopic (exact) mass is 395 g/mol. The van der Waals surface area contributed by atoms with Crippen molar-refractivity contribution in [1.29, 1.82) is 0 Å². The Labute approximate surface area is 170 Å². The summed E-state index contributed by atoms with van der Waals surface area (Å²) in [6, 6.07) is 18.4. The molecular formula is C21H25N5OS. The van der Waals surface area contributed by atoms with Gasteiger partial charge in [-0.05, 0) is 38.2 Å². The maximum absolute atomic E-state index is 12.4. The maximum Gasteiger partial charge on any atom is 0.230 e. The van der Waals surface area contributed by atoms with Gasteiger partial charge in [0.05, 0.1) is 17.5 Å². The second kappa shape index (κ2) is 9.52. The molecule has 0 radical (unpaired) electrons. The van der Waals surface area contributed by atoms with Crippen molar-refractivity contribution in [3.05, 3.63) is 72.1 Å². The zero-order chi connectivity index (χ0) is 19.9. The summed E-state index contributed by atoms with van der Waals surface area (Å²) in [6.45, 7) is 2.60. The Morgan fingerprint density at radius 1 is 1.14 bits per heavy atom.